The van der Waals surface area contributed by atoms with E-state index >= 15 is 0 Å². The van der Waals surface area contributed by atoms with E-state index in [1.54, 1.807) is 13.0 Å². The molecule has 0 aliphatic heterocycles. The zero-order chi connectivity index (χ0) is 14.5. The summed E-state index contributed by atoms with van der Waals surface area (Å²) >= 11 is 3.39. The van der Waals surface area contributed by atoms with Gasteiger partial charge in [0.2, 0.25) is 0 Å². The van der Waals surface area contributed by atoms with Crippen LogP contribution in [0.4, 0.5) is 0 Å². The van der Waals surface area contributed by atoms with E-state index in [9.17, 15) is 9.90 Å². The maximum atomic E-state index is 12.1. The minimum atomic E-state index is -0.584. The minimum absolute atomic E-state index is 0.100. The first-order chi connectivity index (χ1) is 9.61. The van der Waals surface area contributed by atoms with Gasteiger partial charge in [-0.05, 0) is 41.8 Å². The quantitative estimate of drug-likeness (QED) is 0.865. The molecule has 1 fully saturated rings. The lowest BCUT2D eigenvalue weighted by atomic mass is 10.2. The van der Waals surface area contributed by atoms with Crippen LogP contribution in [-0.2, 0) is 11.4 Å². The Balaban J connectivity index is 1.99. The van der Waals surface area contributed by atoms with Crippen molar-refractivity contribution in [2.24, 2.45) is 0 Å². The van der Waals surface area contributed by atoms with Crippen molar-refractivity contribution in [1.29, 1.82) is 0 Å². The molecule has 1 aromatic carbocycles. The van der Waals surface area contributed by atoms with Crippen LogP contribution < -0.4 is 10.1 Å². The Morgan fingerprint density at radius 2 is 2.20 bits per heavy atom. The van der Waals surface area contributed by atoms with E-state index in [1.165, 1.54) is 12.8 Å². The van der Waals surface area contributed by atoms with Crippen molar-refractivity contribution in [3.8, 4) is 5.75 Å². The van der Waals surface area contributed by atoms with Gasteiger partial charge in [0.1, 0.15) is 5.75 Å². The number of hydrogen-bond donors (Lipinski definition) is 2. The summed E-state index contributed by atoms with van der Waals surface area (Å²) in [5.41, 5.74) is 0.667. The topological polar surface area (TPSA) is 58.6 Å². The van der Waals surface area contributed by atoms with E-state index in [-0.39, 0.29) is 18.6 Å². The minimum Gasteiger partial charge on any atom is -0.479 e. The van der Waals surface area contributed by atoms with Gasteiger partial charge in [-0.3, -0.25) is 4.79 Å². The highest BCUT2D eigenvalue weighted by Gasteiger charge is 2.22. The molecule has 1 unspecified atom stereocenters. The number of hydrogen-bond acceptors (Lipinski definition) is 3. The fourth-order valence-electron chi connectivity index (χ4n) is 2.43. The molecule has 1 aliphatic carbocycles. The van der Waals surface area contributed by atoms with Gasteiger partial charge in [-0.1, -0.05) is 25.0 Å². The average molecular weight is 342 g/mol. The summed E-state index contributed by atoms with van der Waals surface area (Å²) in [6.07, 6.45) is 3.88. The summed E-state index contributed by atoms with van der Waals surface area (Å²) in [6.45, 7) is 1.61. The summed E-state index contributed by atoms with van der Waals surface area (Å²) < 4.78 is 6.46. The lowest BCUT2D eigenvalue weighted by molar-refractivity contribution is -0.128. The second-order valence-corrected chi connectivity index (χ2v) is 5.99. The Hall–Kier alpha value is -1.07. The molecule has 1 amide bonds. The van der Waals surface area contributed by atoms with Crippen LogP contribution in [0.3, 0.4) is 0 Å². The van der Waals surface area contributed by atoms with E-state index in [0.29, 0.717) is 11.3 Å². The van der Waals surface area contributed by atoms with E-state index in [4.69, 9.17) is 4.74 Å². The molecule has 0 radical (unpaired) electrons. The largest absolute Gasteiger partial charge is 0.479 e. The molecule has 0 saturated heterocycles. The lowest BCUT2D eigenvalue weighted by Crippen LogP contribution is -2.41. The molecule has 2 N–H and O–H groups in total. The lowest BCUT2D eigenvalue weighted by Gasteiger charge is -2.20. The summed E-state index contributed by atoms with van der Waals surface area (Å²) in [6, 6.07) is 5.72. The van der Waals surface area contributed by atoms with Crippen molar-refractivity contribution < 1.29 is 14.6 Å². The fraction of sp³-hybridized carbons (Fsp3) is 0.533. The Morgan fingerprint density at radius 3 is 2.85 bits per heavy atom. The maximum Gasteiger partial charge on any atom is 0.260 e. The van der Waals surface area contributed by atoms with Gasteiger partial charge in [-0.2, -0.15) is 0 Å². The Morgan fingerprint density at radius 1 is 1.50 bits per heavy atom. The Bertz CT molecular complexity index is 472. The molecule has 4 nitrogen and oxygen atoms in total. The van der Waals surface area contributed by atoms with E-state index in [2.05, 4.69) is 21.2 Å². The molecule has 0 aromatic heterocycles. The summed E-state index contributed by atoms with van der Waals surface area (Å²) in [7, 11) is 0. The van der Waals surface area contributed by atoms with Crippen LogP contribution in [0.2, 0.25) is 0 Å². The van der Waals surface area contributed by atoms with E-state index < -0.39 is 6.10 Å². The number of para-hydroxylation sites is 1. The first kappa shape index (κ1) is 15.3. The standard InChI is InChI=1S/C15H20BrNO3/c1-10(15(19)17-12-6-2-3-7-12)20-14-11(9-18)5-4-8-13(14)16/h4-5,8,10,12,18H,2-3,6-7,9H2,1H3,(H,17,19). The maximum absolute atomic E-state index is 12.1. The molecule has 1 aromatic rings. The summed E-state index contributed by atoms with van der Waals surface area (Å²) in [5, 5.41) is 12.3. The van der Waals surface area contributed by atoms with Crippen LogP contribution in [0.15, 0.2) is 22.7 Å². The van der Waals surface area contributed by atoms with Crippen molar-refractivity contribution in [3.05, 3.63) is 28.2 Å². The van der Waals surface area contributed by atoms with Crippen molar-refractivity contribution in [2.45, 2.75) is 51.4 Å². The number of halogens is 1. The van der Waals surface area contributed by atoms with Crippen LogP contribution in [0, 0.1) is 0 Å². The molecule has 1 atom stereocenters. The van der Waals surface area contributed by atoms with Gasteiger partial charge in [0.25, 0.3) is 5.91 Å². The number of amides is 1. The third-order valence-electron chi connectivity index (χ3n) is 3.58. The highest BCUT2D eigenvalue weighted by Crippen LogP contribution is 2.30. The smallest absolute Gasteiger partial charge is 0.260 e. The van der Waals surface area contributed by atoms with Gasteiger partial charge in [-0.25, -0.2) is 0 Å². The average Bonchev–Trinajstić information content (AvgIpc) is 2.93. The van der Waals surface area contributed by atoms with Crippen molar-refractivity contribution in [3.63, 3.8) is 0 Å². The number of benzene rings is 1. The highest BCUT2D eigenvalue weighted by atomic mass is 79.9. The molecule has 0 spiro atoms. The monoisotopic (exact) mass is 341 g/mol. The molecule has 0 bridgehead atoms. The molecular weight excluding hydrogens is 322 g/mol. The second kappa shape index (κ2) is 7.09. The van der Waals surface area contributed by atoms with Crippen LogP contribution in [0.5, 0.6) is 5.75 Å². The SMILES string of the molecule is CC(Oc1c(Br)cccc1CO)C(=O)NC1CCCC1. The number of nitrogens with one attached hydrogen (secondary N) is 1. The van der Waals surface area contributed by atoms with E-state index in [1.807, 2.05) is 12.1 Å². The van der Waals surface area contributed by atoms with Crippen molar-refractivity contribution >= 4 is 21.8 Å². The van der Waals surface area contributed by atoms with Gasteiger partial charge in [0.05, 0.1) is 11.1 Å². The van der Waals surface area contributed by atoms with Gasteiger partial charge in [-0.15, -0.1) is 0 Å². The normalized spacial score (nSPS) is 16.9. The first-order valence-electron chi connectivity index (χ1n) is 6.97. The Labute approximate surface area is 127 Å². The molecule has 2 rings (SSSR count). The molecule has 1 saturated carbocycles. The second-order valence-electron chi connectivity index (χ2n) is 5.14. The number of rotatable bonds is 5. The predicted molar refractivity (Wildman–Crippen MR) is 80.6 cm³/mol. The summed E-state index contributed by atoms with van der Waals surface area (Å²) in [5.74, 6) is 0.431. The zero-order valence-electron chi connectivity index (χ0n) is 11.6. The zero-order valence-corrected chi connectivity index (χ0v) is 13.1. The number of aliphatic hydroxyl groups excluding tert-OH is 1. The van der Waals surface area contributed by atoms with Gasteiger partial charge < -0.3 is 15.2 Å². The van der Waals surface area contributed by atoms with Crippen LogP contribution in [0.25, 0.3) is 0 Å². The third kappa shape index (κ3) is 3.73. The van der Waals surface area contributed by atoms with Crippen LogP contribution in [0.1, 0.15) is 38.2 Å². The first-order valence-corrected chi connectivity index (χ1v) is 7.76. The van der Waals surface area contributed by atoms with E-state index in [0.717, 1.165) is 17.3 Å². The summed E-state index contributed by atoms with van der Waals surface area (Å²) in [4.78, 5) is 12.1. The van der Waals surface area contributed by atoms with Gasteiger partial charge in [0, 0.05) is 11.6 Å². The van der Waals surface area contributed by atoms with Crippen molar-refractivity contribution in [1.82, 2.24) is 5.32 Å². The molecule has 1 aliphatic rings. The molecule has 110 valence electrons. The number of carbonyl (C=O) groups excluding carboxylic acids is 1. The number of carbonyl (C=O) groups is 1. The Kier molecular flexibility index (Phi) is 5.43. The number of ether oxygens (including phenoxy) is 1. The molecule has 20 heavy (non-hydrogen) atoms. The van der Waals surface area contributed by atoms with Crippen LogP contribution in [-0.4, -0.2) is 23.2 Å². The van der Waals surface area contributed by atoms with Gasteiger partial charge in [0.15, 0.2) is 6.10 Å². The number of aliphatic hydroxyl groups is 1. The van der Waals surface area contributed by atoms with Crippen LogP contribution >= 0.6 is 15.9 Å². The predicted octanol–water partition coefficient (Wildman–Crippen LogP) is 2.77. The third-order valence-corrected chi connectivity index (χ3v) is 4.21. The van der Waals surface area contributed by atoms with Crippen molar-refractivity contribution in [2.75, 3.05) is 0 Å². The fourth-order valence-corrected chi connectivity index (χ4v) is 2.93. The molecule has 5 heteroatoms. The molecule has 0 heterocycles. The van der Waals surface area contributed by atoms with Gasteiger partial charge >= 0.3 is 0 Å². The highest BCUT2D eigenvalue weighted by molar-refractivity contribution is 9.10. The molecular formula is C15H20BrNO3.